The summed E-state index contributed by atoms with van der Waals surface area (Å²) in [6, 6.07) is 1.13. The Bertz CT molecular complexity index is 844. The molecule has 0 saturated carbocycles. The second-order valence-electron chi connectivity index (χ2n) is 11.5. The molecule has 0 aliphatic heterocycles. The average Bonchev–Trinajstić information content (AvgIpc) is 2.83. The van der Waals surface area contributed by atoms with Gasteiger partial charge in [-0.15, -0.1) is 0 Å². The minimum Gasteiger partial charge on any atom is -0.460 e. The van der Waals surface area contributed by atoms with Crippen molar-refractivity contribution in [3.05, 3.63) is 24.3 Å². The van der Waals surface area contributed by atoms with Crippen molar-refractivity contribution < 1.29 is 36.9 Å². The zero-order valence-corrected chi connectivity index (χ0v) is 29.3. The molecule has 0 fully saturated rings. The number of amides is 4. The fourth-order valence-electron chi connectivity index (χ4n) is 3.87. The molecule has 252 valence electrons. The van der Waals surface area contributed by atoms with Gasteiger partial charge in [0.1, 0.15) is 13.2 Å². The van der Waals surface area contributed by atoms with Gasteiger partial charge in [0.25, 0.3) is 0 Å². The first-order chi connectivity index (χ1) is 18.9. The fraction of sp³-hybridized carbons (Fsp3) is 0.714. The quantitative estimate of drug-likeness (QED) is 0.0613. The lowest BCUT2D eigenvalue weighted by molar-refractivity contribution is -0.139. The van der Waals surface area contributed by atoms with E-state index < -0.39 is 37.1 Å². The fourth-order valence-corrected chi connectivity index (χ4v) is 17.9. The van der Waals surface area contributed by atoms with Gasteiger partial charge in [0.2, 0.25) is 0 Å². The van der Waals surface area contributed by atoms with E-state index in [0.29, 0.717) is 24.2 Å². The van der Waals surface area contributed by atoms with E-state index in [9.17, 15) is 19.2 Å². The van der Waals surface area contributed by atoms with Crippen LogP contribution in [-0.2, 0) is 27.3 Å². The van der Waals surface area contributed by atoms with Gasteiger partial charge in [-0.1, -0.05) is 28.0 Å². The smallest absolute Gasteiger partial charge is 0.333 e. The van der Waals surface area contributed by atoms with Crippen LogP contribution in [0.2, 0.25) is 51.4 Å². The molecule has 0 aromatic carbocycles. The molecule has 0 aliphatic carbocycles. The molecule has 0 aromatic heterocycles. The highest BCUT2D eigenvalue weighted by Gasteiger charge is 2.39. The Labute approximate surface area is 263 Å². The molecule has 0 atom stereocenters. The predicted octanol–water partition coefficient (Wildman–Crippen LogP) is 5.02. The summed E-state index contributed by atoms with van der Waals surface area (Å²) < 4.78 is 23.1. The van der Waals surface area contributed by atoms with Crippen LogP contribution in [0.15, 0.2) is 24.3 Å². The van der Waals surface area contributed by atoms with Crippen molar-refractivity contribution in [1.82, 2.24) is 21.3 Å². The molecular formula is C28H60N4O8Si3. The van der Waals surface area contributed by atoms with Crippen LogP contribution in [0.3, 0.4) is 0 Å². The van der Waals surface area contributed by atoms with E-state index in [-0.39, 0.29) is 53.2 Å². The van der Waals surface area contributed by atoms with Crippen molar-refractivity contribution in [1.29, 1.82) is 0 Å². The van der Waals surface area contributed by atoms with E-state index in [2.05, 4.69) is 73.7 Å². The van der Waals surface area contributed by atoms with Crippen LogP contribution in [0, 0.1) is 0 Å². The first-order valence-corrected chi connectivity index (χ1v) is 23.0. The first-order valence-electron chi connectivity index (χ1n) is 13.9. The van der Waals surface area contributed by atoms with Crippen molar-refractivity contribution in [2.24, 2.45) is 0 Å². The van der Waals surface area contributed by atoms with Gasteiger partial charge in [0.15, 0.2) is 16.6 Å². The number of ether oxygens (including phenoxy) is 2. The van der Waals surface area contributed by atoms with Gasteiger partial charge in [-0.25, -0.2) is 19.2 Å². The van der Waals surface area contributed by atoms with Gasteiger partial charge in [-0.05, 0) is 78.1 Å². The second-order valence-corrected chi connectivity index (χ2v) is 24.0. The Hall–Kier alpha value is -2.47. The van der Waals surface area contributed by atoms with Crippen LogP contribution < -0.4 is 21.3 Å². The number of hydrogen-bond acceptors (Lipinski definition) is 8. The Balaban J connectivity index is -0.00000800. The number of esters is 2. The Morgan fingerprint density at radius 3 is 1.19 bits per heavy atom. The Morgan fingerprint density at radius 2 is 0.884 bits per heavy atom. The highest BCUT2D eigenvalue weighted by atomic mass is 28.5. The van der Waals surface area contributed by atoms with Crippen LogP contribution in [0.4, 0.5) is 9.59 Å². The molecule has 0 bridgehead atoms. The first kappa shape index (κ1) is 45.0. The average molecular weight is 665 g/mol. The molecule has 4 amide bonds. The van der Waals surface area contributed by atoms with Gasteiger partial charge in [0.05, 0.1) is 13.1 Å². The number of carbonyl (C=O) groups excluding carboxylic acids is 4. The largest absolute Gasteiger partial charge is 0.460 e. The summed E-state index contributed by atoms with van der Waals surface area (Å²) in [4.78, 5) is 46.5. The number of hydrogen-bond donors (Lipinski definition) is 4. The molecule has 15 heteroatoms. The van der Waals surface area contributed by atoms with Crippen LogP contribution in [-0.4, -0.2) is 88.6 Å². The van der Waals surface area contributed by atoms with Crippen molar-refractivity contribution in [2.75, 3.05) is 39.4 Å². The summed E-state index contributed by atoms with van der Waals surface area (Å²) in [7, 11) is -6.44. The van der Waals surface area contributed by atoms with Crippen LogP contribution in [0.5, 0.6) is 0 Å². The standard InChI is InChI=1S/C26H52N4O8Si3.2CH4/c1-21(2)23(31)35-17-15-29-25(33)27-13-11-19-39(5,6)37-41(9,10)38-40(7,8)20-12-14-28-26(34)30-16-18-36-24(32)22(3)4;;/h1,3,11-20H2,2,4-10H3,(H2,27,29,33)(H2,28,30,34);2*1H4. The highest BCUT2D eigenvalue weighted by Crippen LogP contribution is 2.25. The van der Waals surface area contributed by atoms with E-state index in [1.807, 2.05) is 0 Å². The van der Waals surface area contributed by atoms with Crippen molar-refractivity contribution >= 4 is 49.2 Å². The van der Waals surface area contributed by atoms with Gasteiger partial charge >= 0.3 is 32.6 Å². The highest BCUT2D eigenvalue weighted by molar-refractivity contribution is 6.87. The predicted molar refractivity (Wildman–Crippen MR) is 181 cm³/mol. The zero-order valence-electron chi connectivity index (χ0n) is 26.3. The number of nitrogens with one attached hydrogen (secondary N) is 4. The molecule has 0 heterocycles. The van der Waals surface area contributed by atoms with E-state index in [0.717, 1.165) is 24.9 Å². The lowest BCUT2D eigenvalue weighted by atomic mass is 10.4. The molecule has 12 nitrogen and oxygen atoms in total. The molecule has 0 aromatic rings. The van der Waals surface area contributed by atoms with E-state index >= 15 is 0 Å². The molecule has 0 rings (SSSR count). The summed E-state index contributed by atoms with van der Waals surface area (Å²) >= 11 is 0. The molecule has 43 heavy (non-hydrogen) atoms. The van der Waals surface area contributed by atoms with Gasteiger partial charge in [0, 0.05) is 24.2 Å². The Morgan fingerprint density at radius 1 is 0.581 bits per heavy atom. The Kier molecular flexibility index (Phi) is 23.1. The van der Waals surface area contributed by atoms with Crippen LogP contribution in [0.25, 0.3) is 0 Å². The monoisotopic (exact) mass is 664 g/mol. The van der Waals surface area contributed by atoms with Gasteiger partial charge < -0.3 is 39.0 Å². The second kappa shape index (κ2) is 22.1. The third-order valence-corrected chi connectivity index (χ3v) is 16.9. The number of urea groups is 2. The third kappa shape index (κ3) is 24.6. The van der Waals surface area contributed by atoms with E-state index in [4.69, 9.17) is 17.7 Å². The van der Waals surface area contributed by atoms with Crippen molar-refractivity contribution in [3.8, 4) is 0 Å². The molecule has 0 spiro atoms. The summed E-state index contributed by atoms with van der Waals surface area (Å²) in [5.41, 5.74) is 0.637. The topological polar surface area (TPSA) is 153 Å². The molecular weight excluding hydrogens is 605 g/mol. The zero-order chi connectivity index (χ0) is 31.7. The van der Waals surface area contributed by atoms with Crippen molar-refractivity contribution in [2.45, 2.75) is 92.9 Å². The summed E-state index contributed by atoms with van der Waals surface area (Å²) in [5, 5.41) is 10.9. The lowest BCUT2D eigenvalue weighted by Gasteiger charge is -2.38. The SMILES string of the molecule is C.C.C=C(C)C(=O)OCCNC(=O)NCCC[Si](C)(C)O[Si](C)(C)O[Si](C)(C)CCCNC(=O)NCCOC(=O)C(=C)C. The molecule has 0 aliphatic rings. The van der Waals surface area contributed by atoms with Crippen molar-refractivity contribution in [3.63, 3.8) is 0 Å². The van der Waals surface area contributed by atoms with Gasteiger partial charge in [-0.2, -0.15) is 0 Å². The summed E-state index contributed by atoms with van der Waals surface area (Å²) in [5.74, 6) is -0.952. The minimum absolute atomic E-state index is 0. The molecule has 4 N–H and O–H groups in total. The summed E-state index contributed by atoms with van der Waals surface area (Å²) in [6.45, 7) is 24.6. The van der Waals surface area contributed by atoms with E-state index in [1.165, 1.54) is 0 Å². The molecule has 0 radical (unpaired) electrons. The molecule has 0 saturated heterocycles. The normalized spacial score (nSPS) is 11.2. The van der Waals surface area contributed by atoms with Gasteiger partial charge in [-0.3, -0.25) is 0 Å². The maximum absolute atomic E-state index is 11.9. The maximum Gasteiger partial charge on any atom is 0.333 e. The third-order valence-electron chi connectivity index (χ3n) is 5.46. The van der Waals surface area contributed by atoms with E-state index in [1.54, 1.807) is 13.8 Å². The molecule has 0 unspecified atom stereocenters. The maximum atomic E-state index is 11.9. The lowest BCUT2D eigenvalue weighted by Crippen LogP contribution is -2.52. The minimum atomic E-state index is -2.39. The van der Waals surface area contributed by atoms with Crippen LogP contribution in [0.1, 0.15) is 41.5 Å². The van der Waals surface area contributed by atoms with Crippen LogP contribution >= 0.6 is 0 Å². The summed E-state index contributed by atoms with van der Waals surface area (Å²) in [6.07, 6.45) is 1.57. The number of rotatable bonds is 20. The number of carbonyl (C=O) groups is 4.